The van der Waals surface area contributed by atoms with E-state index in [-0.39, 0.29) is 11.2 Å². The van der Waals surface area contributed by atoms with Gasteiger partial charge in [-0.1, -0.05) is 20.8 Å². The highest BCUT2D eigenvalue weighted by atomic mass is 79.9. The first-order chi connectivity index (χ1) is 8.88. The first kappa shape index (κ1) is 14.8. The molecule has 1 aliphatic rings. The van der Waals surface area contributed by atoms with Crippen LogP contribution in [0.1, 0.15) is 27.2 Å². The van der Waals surface area contributed by atoms with E-state index in [1.54, 1.807) is 12.1 Å². The van der Waals surface area contributed by atoms with Gasteiger partial charge in [-0.2, -0.15) is 0 Å². The minimum atomic E-state index is -0.178. The molecule has 1 atom stereocenters. The van der Waals surface area contributed by atoms with Gasteiger partial charge in [0, 0.05) is 23.6 Å². The van der Waals surface area contributed by atoms with Crippen molar-refractivity contribution in [2.45, 2.75) is 33.2 Å². The van der Waals surface area contributed by atoms with Gasteiger partial charge >= 0.3 is 0 Å². The Morgan fingerprint density at radius 3 is 2.79 bits per heavy atom. The molecule has 19 heavy (non-hydrogen) atoms. The van der Waals surface area contributed by atoms with Gasteiger partial charge in [0.05, 0.1) is 5.69 Å². The Hall–Kier alpha value is -0.610. The van der Waals surface area contributed by atoms with Crippen molar-refractivity contribution < 1.29 is 4.39 Å². The van der Waals surface area contributed by atoms with Crippen LogP contribution < -0.4 is 10.2 Å². The Kier molecular flexibility index (Phi) is 4.51. The summed E-state index contributed by atoms with van der Waals surface area (Å²) in [6.45, 7) is 9.62. The molecule has 0 saturated carbocycles. The number of rotatable bonds is 1. The number of hydrogen-bond acceptors (Lipinski definition) is 2. The van der Waals surface area contributed by atoms with Gasteiger partial charge < -0.3 is 10.2 Å². The van der Waals surface area contributed by atoms with Gasteiger partial charge in [0.2, 0.25) is 0 Å². The molecule has 0 aromatic heterocycles. The normalized spacial score (nSPS) is 21.3. The van der Waals surface area contributed by atoms with Gasteiger partial charge in [-0.3, -0.25) is 0 Å². The highest BCUT2D eigenvalue weighted by Gasteiger charge is 2.28. The van der Waals surface area contributed by atoms with Crippen molar-refractivity contribution in [3.63, 3.8) is 0 Å². The molecule has 1 unspecified atom stereocenters. The zero-order chi connectivity index (χ0) is 14.0. The Morgan fingerprint density at radius 2 is 2.11 bits per heavy atom. The molecule has 2 rings (SSSR count). The lowest BCUT2D eigenvalue weighted by atomic mass is 9.86. The lowest BCUT2D eigenvalue weighted by Gasteiger charge is -2.35. The van der Waals surface area contributed by atoms with Crippen molar-refractivity contribution in [1.29, 1.82) is 0 Å². The summed E-state index contributed by atoms with van der Waals surface area (Å²) in [5, 5.41) is 3.60. The van der Waals surface area contributed by atoms with Gasteiger partial charge in [-0.15, -0.1) is 0 Å². The molecule has 0 amide bonds. The fourth-order valence-corrected chi connectivity index (χ4v) is 2.95. The maximum absolute atomic E-state index is 13.5. The smallest absolute Gasteiger partial charge is 0.125 e. The third-order valence-electron chi connectivity index (χ3n) is 3.69. The van der Waals surface area contributed by atoms with Gasteiger partial charge in [-0.25, -0.2) is 4.39 Å². The first-order valence-electron chi connectivity index (χ1n) is 6.81. The third-order valence-corrected chi connectivity index (χ3v) is 4.36. The molecule has 1 aromatic carbocycles. The average Bonchev–Trinajstić information content (AvgIpc) is 2.57. The molecule has 1 fully saturated rings. The Bertz CT molecular complexity index is 442. The summed E-state index contributed by atoms with van der Waals surface area (Å²) in [5.41, 5.74) is 1.15. The molecule has 1 heterocycles. The minimum Gasteiger partial charge on any atom is -0.369 e. The summed E-state index contributed by atoms with van der Waals surface area (Å²) in [4.78, 5) is 2.28. The van der Waals surface area contributed by atoms with E-state index in [0.717, 1.165) is 36.2 Å². The van der Waals surface area contributed by atoms with E-state index >= 15 is 0 Å². The second kappa shape index (κ2) is 5.80. The molecule has 1 aromatic rings. The Labute approximate surface area is 123 Å². The molecule has 0 radical (unpaired) electrons. The van der Waals surface area contributed by atoms with Crippen LogP contribution in [0.3, 0.4) is 0 Å². The number of hydrogen-bond donors (Lipinski definition) is 1. The van der Waals surface area contributed by atoms with E-state index in [4.69, 9.17) is 0 Å². The Balaban J connectivity index is 2.25. The first-order valence-corrected chi connectivity index (χ1v) is 7.60. The van der Waals surface area contributed by atoms with E-state index in [2.05, 4.69) is 46.9 Å². The van der Waals surface area contributed by atoms with Crippen LogP contribution in [0.5, 0.6) is 0 Å². The molecule has 0 spiro atoms. The number of halogens is 2. The predicted octanol–water partition coefficient (Wildman–Crippen LogP) is 3.80. The van der Waals surface area contributed by atoms with Crippen LogP contribution in [0, 0.1) is 11.2 Å². The highest BCUT2D eigenvalue weighted by Crippen LogP contribution is 2.30. The topological polar surface area (TPSA) is 15.3 Å². The fourth-order valence-electron chi connectivity index (χ4n) is 2.45. The number of nitrogens with zero attached hydrogens (tertiary/aromatic N) is 1. The quantitative estimate of drug-likeness (QED) is 0.843. The van der Waals surface area contributed by atoms with E-state index < -0.39 is 0 Å². The van der Waals surface area contributed by atoms with Gasteiger partial charge in [0.15, 0.2) is 0 Å². The summed E-state index contributed by atoms with van der Waals surface area (Å²) in [7, 11) is 0. The van der Waals surface area contributed by atoms with Gasteiger partial charge in [-0.05, 0) is 52.5 Å². The van der Waals surface area contributed by atoms with Crippen molar-refractivity contribution >= 4 is 21.6 Å². The number of anilines is 1. The number of nitrogens with one attached hydrogen (secondary N) is 1. The molecular formula is C15H22BrFN2. The molecular weight excluding hydrogens is 307 g/mol. The van der Waals surface area contributed by atoms with Crippen LogP contribution in [0.25, 0.3) is 0 Å². The largest absolute Gasteiger partial charge is 0.369 e. The predicted molar refractivity (Wildman–Crippen MR) is 82.2 cm³/mol. The van der Waals surface area contributed by atoms with Crippen LogP contribution in [0.4, 0.5) is 10.1 Å². The van der Waals surface area contributed by atoms with E-state index in [1.807, 2.05) is 0 Å². The van der Waals surface area contributed by atoms with Crippen molar-refractivity contribution in [2.24, 2.45) is 5.41 Å². The molecule has 1 saturated heterocycles. The van der Waals surface area contributed by atoms with Crippen molar-refractivity contribution in [1.82, 2.24) is 5.32 Å². The summed E-state index contributed by atoms with van der Waals surface area (Å²) in [6.07, 6.45) is 1.08. The molecule has 0 aliphatic carbocycles. The fraction of sp³-hybridized carbons (Fsp3) is 0.600. The van der Waals surface area contributed by atoms with Crippen LogP contribution >= 0.6 is 15.9 Å². The van der Waals surface area contributed by atoms with Crippen LogP contribution in [-0.2, 0) is 0 Å². The van der Waals surface area contributed by atoms with E-state index in [1.165, 1.54) is 6.07 Å². The van der Waals surface area contributed by atoms with Crippen molar-refractivity contribution in [3.8, 4) is 0 Å². The second-order valence-corrected chi connectivity index (χ2v) is 7.12. The standard InChI is InChI=1S/C15H22BrFN2/c1-15(2,3)14-10-19(8-4-7-18-14)13-9-11(17)5-6-12(13)16/h5-6,9,14,18H,4,7-8,10H2,1-3H3. The monoisotopic (exact) mass is 328 g/mol. The van der Waals surface area contributed by atoms with Crippen LogP contribution in [0.2, 0.25) is 0 Å². The van der Waals surface area contributed by atoms with Crippen molar-refractivity contribution in [3.05, 3.63) is 28.5 Å². The minimum absolute atomic E-state index is 0.178. The third kappa shape index (κ3) is 3.69. The van der Waals surface area contributed by atoms with Crippen molar-refractivity contribution in [2.75, 3.05) is 24.5 Å². The van der Waals surface area contributed by atoms with Crippen LogP contribution in [-0.4, -0.2) is 25.7 Å². The zero-order valence-corrected chi connectivity index (χ0v) is 13.4. The van der Waals surface area contributed by atoms with Crippen LogP contribution in [0.15, 0.2) is 22.7 Å². The molecule has 1 N–H and O–H groups in total. The maximum atomic E-state index is 13.5. The van der Waals surface area contributed by atoms with E-state index in [0.29, 0.717) is 6.04 Å². The number of benzene rings is 1. The summed E-state index contributed by atoms with van der Waals surface area (Å²) in [5.74, 6) is -0.178. The maximum Gasteiger partial charge on any atom is 0.125 e. The second-order valence-electron chi connectivity index (χ2n) is 6.27. The molecule has 0 bridgehead atoms. The Morgan fingerprint density at radius 1 is 1.37 bits per heavy atom. The molecule has 106 valence electrons. The molecule has 2 nitrogen and oxygen atoms in total. The van der Waals surface area contributed by atoms with Gasteiger partial charge in [0.25, 0.3) is 0 Å². The van der Waals surface area contributed by atoms with Gasteiger partial charge in [0.1, 0.15) is 5.82 Å². The SMILES string of the molecule is CC(C)(C)C1CN(c2cc(F)ccc2Br)CCCN1. The van der Waals surface area contributed by atoms with E-state index in [9.17, 15) is 4.39 Å². The average molecular weight is 329 g/mol. The lowest BCUT2D eigenvalue weighted by molar-refractivity contribution is 0.280. The molecule has 1 aliphatic heterocycles. The summed E-state index contributed by atoms with van der Waals surface area (Å²) >= 11 is 3.53. The zero-order valence-electron chi connectivity index (χ0n) is 11.8. The lowest BCUT2D eigenvalue weighted by Crippen LogP contribution is -2.46. The summed E-state index contributed by atoms with van der Waals surface area (Å²) < 4.78 is 14.4. The summed E-state index contributed by atoms with van der Waals surface area (Å²) in [6, 6.07) is 5.31. The highest BCUT2D eigenvalue weighted by molar-refractivity contribution is 9.10. The molecule has 4 heteroatoms.